The summed E-state index contributed by atoms with van der Waals surface area (Å²) in [5.74, 6) is 0. The van der Waals surface area contributed by atoms with Crippen molar-refractivity contribution in [2.45, 2.75) is 25.3 Å². The SMILES string of the molecule is Cc1cccc(N(Cc2ccc(Cl)c(Cl)c2)S(=O)(=O)c2ccccc2)c1C. The Balaban J connectivity index is 2.14. The number of nitrogens with zero attached hydrogens (tertiary/aromatic N) is 1. The van der Waals surface area contributed by atoms with Crippen LogP contribution in [0, 0.1) is 13.8 Å². The molecule has 0 bridgehead atoms. The van der Waals surface area contributed by atoms with Gasteiger partial charge >= 0.3 is 0 Å². The van der Waals surface area contributed by atoms with E-state index in [0.717, 1.165) is 16.7 Å². The summed E-state index contributed by atoms with van der Waals surface area (Å²) in [7, 11) is -3.76. The molecule has 0 saturated carbocycles. The summed E-state index contributed by atoms with van der Waals surface area (Å²) >= 11 is 12.1. The highest BCUT2D eigenvalue weighted by Gasteiger charge is 2.26. The average molecular weight is 420 g/mol. The van der Waals surface area contributed by atoms with Gasteiger partial charge in [-0.1, -0.05) is 59.6 Å². The summed E-state index contributed by atoms with van der Waals surface area (Å²) in [6.07, 6.45) is 0. The van der Waals surface area contributed by atoms with Crippen LogP contribution in [0.25, 0.3) is 0 Å². The minimum Gasteiger partial charge on any atom is -0.262 e. The molecule has 0 aromatic heterocycles. The zero-order valence-corrected chi connectivity index (χ0v) is 17.3. The predicted octanol–water partition coefficient (Wildman–Crippen LogP) is 6.01. The van der Waals surface area contributed by atoms with Crippen molar-refractivity contribution in [2.24, 2.45) is 0 Å². The van der Waals surface area contributed by atoms with Gasteiger partial charge < -0.3 is 0 Å². The predicted molar refractivity (Wildman–Crippen MR) is 112 cm³/mol. The van der Waals surface area contributed by atoms with E-state index in [1.54, 1.807) is 48.5 Å². The first kappa shape index (κ1) is 19.7. The van der Waals surface area contributed by atoms with Crippen molar-refractivity contribution in [3.8, 4) is 0 Å². The minimum absolute atomic E-state index is 0.151. The summed E-state index contributed by atoms with van der Waals surface area (Å²) in [4.78, 5) is 0.242. The Kier molecular flexibility index (Phi) is 5.80. The lowest BCUT2D eigenvalue weighted by Gasteiger charge is -2.27. The summed E-state index contributed by atoms with van der Waals surface area (Å²) in [5, 5.41) is 0.830. The molecule has 140 valence electrons. The largest absolute Gasteiger partial charge is 0.264 e. The van der Waals surface area contributed by atoms with Crippen LogP contribution in [0.15, 0.2) is 71.6 Å². The van der Waals surface area contributed by atoms with Crippen LogP contribution in [0.2, 0.25) is 10.0 Å². The second-order valence-corrected chi connectivity index (χ2v) is 8.97. The molecule has 3 nitrogen and oxygen atoms in total. The lowest BCUT2D eigenvalue weighted by Crippen LogP contribution is -2.31. The molecule has 3 rings (SSSR count). The zero-order chi connectivity index (χ0) is 19.6. The topological polar surface area (TPSA) is 37.4 Å². The summed E-state index contributed by atoms with van der Waals surface area (Å²) < 4.78 is 28.3. The first-order chi connectivity index (χ1) is 12.8. The van der Waals surface area contributed by atoms with E-state index >= 15 is 0 Å². The molecule has 0 N–H and O–H groups in total. The second-order valence-electron chi connectivity index (χ2n) is 6.29. The molecule has 27 heavy (non-hydrogen) atoms. The molecule has 0 amide bonds. The van der Waals surface area contributed by atoms with Crippen molar-refractivity contribution >= 4 is 38.9 Å². The standard InChI is InChI=1S/C21H19Cl2NO2S/c1-15-7-6-10-21(16(15)2)24(14-17-11-12-19(22)20(23)13-17)27(25,26)18-8-4-3-5-9-18/h3-13H,14H2,1-2H3. The van der Waals surface area contributed by atoms with E-state index in [1.807, 2.05) is 32.0 Å². The van der Waals surface area contributed by atoms with Crippen molar-refractivity contribution in [1.82, 2.24) is 0 Å². The van der Waals surface area contributed by atoms with Crippen LogP contribution in [0.5, 0.6) is 0 Å². The van der Waals surface area contributed by atoms with Crippen LogP contribution >= 0.6 is 23.2 Å². The van der Waals surface area contributed by atoms with E-state index < -0.39 is 10.0 Å². The second kappa shape index (κ2) is 7.93. The van der Waals surface area contributed by atoms with Crippen molar-refractivity contribution in [3.05, 3.63) is 93.5 Å². The fourth-order valence-electron chi connectivity index (χ4n) is 2.83. The van der Waals surface area contributed by atoms with Crippen LogP contribution < -0.4 is 4.31 Å². The molecule has 0 unspecified atom stereocenters. The van der Waals surface area contributed by atoms with E-state index in [2.05, 4.69) is 0 Å². The molecule has 0 saturated heterocycles. The number of rotatable bonds is 5. The Labute approximate surface area is 170 Å². The summed E-state index contributed by atoms with van der Waals surface area (Å²) in [6, 6.07) is 19.2. The third-order valence-electron chi connectivity index (χ3n) is 4.49. The molecule has 3 aromatic carbocycles. The third-order valence-corrected chi connectivity index (χ3v) is 7.00. The first-order valence-electron chi connectivity index (χ1n) is 8.38. The van der Waals surface area contributed by atoms with Crippen molar-refractivity contribution in [1.29, 1.82) is 0 Å². The molecule has 0 radical (unpaired) electrons. The van der Waals surface area contributed by atoms with E-state index in [-0.39, 0.29) is 11.4 Å². The van der Waals surface area contributed by atoms with Crippen LogP contribution in [0.1, 0.15) is 16.7 Å². The van der Waals surface area contributed by atoms with Gasteiger partial charge in [-0.15, -0.1) is 0 Å². The number of hydrogen-bond donors (Lipinski definition) is 0. The maximum atomic E-state index is 13.4. The van der Waals surface area contributed by atoms with E-state index in [4.69, 9.17) is 23.2 Å². The highest BCUT2D eigenvalue weighted by molar-refractivity contribution is 7.92. The number of sulfonamides is 1. The number of halogens is 2. The molecule has 6 heteroatoms. The average Bonchev–Trinajstić information content (AvgIpc) is 2.66. The lowest BCUT2D eigenvalue weighted by atomic mass is 10.1. The lowest BCUT2D eigenvalue weighted by molar-refractivity contribution is 0.590. The first-order valence-corrected chi connectivity index (χ1v) is 10.6. The van der Waals surface area contributed by atoms with Gasteiger partial charge in [-0.05, 0) is 60.9 Å². The van der Waals surface area contributed by atoms with Gasteiger partial charge in [0.05, 0.1) is 27.2 Å². The molecule has 0 heterocycles. The zero-order valence-electron chi connectivity index (χ0n) is 15.0. The molecular formula is C21H19Cl2NO2S. The smallest absolute Gasteiger partial charge is 0.262 e. The number of aryl methyl sites for hydroxylation is 1. The van der Waals surface area contributed by atoms with Crippen molar-refractivity contribution in [3.63, 3.8) is 0 Å². The Hall–Kier alpha value is -2.01. The maximum Gasteiger partial charge on any atom is 0.264 e. The molecule has 0 aliphatic rings. The molecule has 0 aliphatic carbocycles. The van der Waals surface area contributed by atoms with E-state index in [1.165, 1.54) is 4.31 Å². The van der Waals surface area contributed by atoms with E-state index in [0.29, 0.717) is 15.7 Å². The molecule has 0 spiro atoms. The van der Waals surface area contributed by atoms with Gasteiger partial charge in [0.25, 0.3) is 10.0 Å². The normalized spacial score (nSPS) is 11.4. The number of anilines is 1. The van der Waals surface area contributed by atoms with Crippen LogP contribution in [-0.2, 0) is 16.6 Å². The van der Waals surface area contributed by atoms with Gasteiger partial charge in [0.1, 0.15) is 0 Å². The number of benzene rings is 3. The molecule has 0 fully saturated rings. The molecule has 3 aromatic rings. The van der Waals surface area contributed by atoms with Gasteiger partial charge in [-0.2, -0.15) is 0 Å². The highest BCUT2D eigenvalue weighted by Crippen LogP contribution is 2.31. The van der Waals surface area contributed by atoms with Crippen LogP contribution in [0.3, 0.4) is 0 Å². The Morgan fingerprint density at radius 2 is 1.56 bits per heavy atom. The Bertz CT molecular complexity index is 1070. The minimum atomic E-state index is -3.76. The molecule has 0 atom stereocenters. The number of hydrogen-bond acceptors (Lipinski definition) is 2. The van der Waals surface area contributed by atoms with E-state index in [9.17, 15) is 8.42 Å². The fraction of sp³-hybridized carbons (Fsp3) is 0.143. The van der Waals surface area contributed by atoms with Gasteiger partial charge in [-0.25, -0.2) is 8.42 Å². The Morgan fingerprint density at radius 3 is 2.22 bits per heavy atom. The summed E-state index contributed by atoms with van der Waals surface area (Å²) in [5.41, 5.74) is 3.33. The highest BCUT2D eigenvalue weighted by atomic mass is 35.5. The van der Waals surface area contributed by atoms with Gasteiger partial charge in [-0.3, -0.25) is 4.31 Å². The van der Waals surface area contributed by atoms with Crippen molar-refractivity contribution < 1.29 is 8.42 Å². The fourth-order valence-corrected chi connectivity index (χ4v) is 4.68. The Morgan fingerprint density at radius 1 is 0.852 bits per heavy atom. The third kappa shape index (κ3) is 4.13. The van der Waals surface area contributed by atoms with Crippen molar-refractivity contribution in [2.75, 3.05) is 4.31 Å². The molecular weight excluding hydrogens is 401 g/mol. The maximum absolute atomic E-state index is 13.4. The molecule has 0 aliphatic heterocycles. The quantitative estimate of drug-likeness (QED) is 0.507. The van der Waals surface area contributed by atoms with Crippen LogP contribution in [-0.4, -0.2) is 8.42 Å². The van der Waals surface area contributed by atoms with Gasteiger partial charge in [0.2, 0.25) is 0 Å². The van der Waals surface area contributed by atoms with Gasteiger partial charge in [0.15, 0.2) is 0 Å². The monoisotopic (exact) mass is 419 g/mol. The summed E-state index contributed by atoms with van der Waals surface area (Å²) in [6.45, 7) is 4.04. The van der Waals surface area contributed by atoms with Crippen LogP contribution in [0.4, 0.5) is 5.69 Å². The van der Waals surface area contributed by atoms with Gasteiger partial charge in [0, 0.05) is 0 Å².